The van der Waals surface area contributed by atoms with Gasteiger partial charge in [0, 0.05) is 0 Å². The maximum Gasteiger partial charge on any atom is 0.126 e. The Bertz CT molecular complexity index is 549. The number of benzene rings is 2. The first kappa shape index (κ1) is 13.1. The predicted molar refractivity (Wildman–Crippen MR) is 74.7 cm³/mol. The van der Waals surface area contributed by atoms with Gasteiger partial charge in [-0.15, -0.1) is 11.6 Å². The summed E-state index contributed by atoms with van der Waals surface area (Å²) in [6, 6.07) is 13.2. The van der Waals surface area contributed by atoms with Crippen molar-refractivity contribution in [3.05, 3.63) is 70.5 Å². The standard InChI is InChI=1S/C16H16ClF/c1-3-12-6-4-5-7-14(12)16(17)13-8-9-15(18)11(2)10-13/h4-10,16H,3H2,1-2H3. The number of halogens is 2. The van der Waals surface area contributed by atoms with Gasteiger partial charge in [0.15, 0.2) is 0 Å². The van der Waals surface area contributed by atoms with Crippen LogP contribution in [0.15, 0.2) is 42.5 Å². The van der Waals surface area contributed by atoms with Crippen LogP contribution in [0.5, 0.6) is 0 Å². The van der Waals surface area contributed by atoms with Gasteiger partial charge in [-0.25, -0.2) is 4.39 Å². The van der Waals surface area contributed by atoms with E-state index in [-0.39, 0.29) is 11.2 Å². The molecule has 1 atom stereocenters. The topological polar surface area (TPSA) is 0 Å². The summed E-state index contributed by atoms with van der Waals surface area (Å²) in [6.07, 6.45) is 0.944. The summed E-state index contributed by atoms with van der Waals surface area (Å²) in [5.41, 5.74) is 3.91. The van der Waals surface area contributed by atoms with E-state index < -0.39 is 0 Å². The molecule has 2 rings (SSSR count). The molecule has 0 spiro atoms. The lowest BCUT2D eigenvalue weighted by molar-refractivity contribution is 0.617. The average Bonchev–Trinajstić information content (AvgIpc) is 2.41. The van der Waals surface area contributed by atoms with Gasteiger partial charge >= 0.3 is 0 Å². The molecule has 2 heteroatoms. The zero-order chi connectivity index (χ0) is 13.1. The SMILES string of the molecule is CCc1ccccc1C(Cl)c1ccc(F)c(C)c1. The third kappa shape index (κ3) is 2.56. The molecule has 0 saturated heterocycles. The van der Waals surface area contributed by atoms with Crippen molar-refractivity contribution in [1.29, 1.82) is 0 Å². The summed E-state index contributed by atoms with van der Waals surface area (Å²) in [4.78, 5) is 0. The van der Waals surface area contributed by atoms with Crippen LogP contribution in [0.4, 0.5) is 4.39 Å². The number of rotatable bonds is 3. The van der Waals surface area contributed by atoms with Gasteiger partial charge in [0.1, 0.15) is 5.82 Å². The zero-order valence-electron chi connectivity index (χ0n) is 10.6. The number of hydrogen-bond donors (Lipinski definition) is 0. The van der Waals surface area contributed by atoms with E-state index in [1.807, 2.05) is 24.3 Å². The Kier molecular flexibility index (Phi) is 4.03. The van der Waals surface area contributed by atoms with Gasteiger partial charge < -0.3 is 0 Å². The van der Waals surface area contributed by atoms with Crippen molar-refractivity contribution in [3.63, 3.8) is 0 Å². The fourth-order valence-electron chi connectivity index (χ4n) is 2.11. The summed E-state index contributed by atoms with van der Waals surface area (Å²) >= 11 is 6.52. The Labute approximate surface area is 112 Å². The maximum atomic E-state index is 13.3. The van der Waals surface area contributed by atoms with Crippen LogP contribution in [-0.4, -0.2) is 0 Å². The minimum absolute atomic E-state index is 0.189. The summed E-state index contributed by atoms with van der Waals surface area (Å²) in [5, 5.41) is -0.222. The minimum Gasteiger partial charge on any atom is -0.207 e. The van der Waals surface area contributed by atoms with Gasteiger partial charge in [-0.2, -0.15) is 0 Å². The van der Waals surface area contributed by atoms with Gasteiger partial charge in [0.05, 0.1) is 5.38 Å². The normalized spacial score (nSPS) is 12.4. The molecule has 0 aromatic heterocycles. The lowest BCUT2D eigenvalue weighted by Gasteiger charge is -2.15. The van der Waals surface area contributed by atoms with E-state index in [1.165, 1.54) is 11.6 Å². The Balaban J connectivity index is 2.41. The molecule has 0 N–H and O–H groups in total. The number of hydrogen-bond acceptors (Lipinski definition) is 0. The van der Waals surface area contributed by atoms with Crippen molar-refractivity contribution in [1.82, 2.24) is 0 Å². The van der Waals surface area contributed by atoms with E-state index in [0.29, 0.717) is 5.56 Å². The molecular weight excluding hydrogens is 247 g/mol. The molecule has 18 heavy (non-hydrogen) atoms. The van der Waals surface area contributed by atoms with Crippen molar-refractivity contribution < 1.29 is 4.39 Å². The molecule has 94 valence electrons. The summed E-state index contributed by atoms with van der Waals surface area (Å²) in [5.74, 6) is -0.189. The van der Waals surface area contributed by atoms with Crippen molar-refractivity contribution in [3.8, 4) is 0 Å². The molecule has 0 aliphatic heterocycles. The molecule has 2 aromatic carbocycles. The van der Waals surface area contributed by atoms with E-state index in [1.54, 1.807) is 13.0 Å². The Morgan fingerprint density at radius 2 is 1.89 bits per heavy atom. The van der Waals surface area contributed by atoms with Crippen LogP contribution in [0, 0.1) is 12.7 Å². The molecule has 0 bridgehead atoms. The van der Waals surface area contributed by atoms with Crippen LogP contribution >= 0.6 is 11.6 Å². The van der Waals surface area contributed by atoms with Gasteiger partial charge in [-0.1, -0.05) is 43.3 Å². The van der Waals surface area contributed by atoms with Gasteiger partial charge in [0.25, 0.3) is 0 Å². The summed E-state index contributed by atoms with van der Waals surface area (Å²) < 4.78 is 13.3. The fourth-order valence-corrected chi connectivity index (χ4v) is 2.46. The molecule has 0 heterocycles. The quantitative estimate of drug-likeness (QED) is 0.681. The van der Waals surface area contributed by atoms with Crippen molar-refractivity contribution in [2.45, 2.75) is 25.6 Å². The van der Waals surface area contributed by atoms with E-state index in [2.05, 4.69) is 13.0 Å². The molecule has 0 fully saturated rings. The second kappa shape index (κ2) is 5.53. The van der Waals surface area contributed by atoms with E-state index in [9.17, 15) is 4.39 Å². The van der Waals surface area contributed by atoms with Crippen LogP contribution in [-0.2, 0) is 6.42 Å². The maximum absolute atomic E-state index is 13.3. The van der Waals surface area contributed by atoms with E-state index in [0.717, 1.165) is 17.5 Å². The zero-order valence-corrected chi connectivity index (χ0v) is 11.3. The number of alkyl halides is 1. The van der Waals surface area contributed by atoms with Crippen LogP contribution in [0.25, 0.3) is 0 Å². The summed E-state index contributed by atoms with van der Waals surface area (Å²) in [6.45, 7) is 3.87. The monoisotopic (exact) mass is 262 g/mol. The molecule has 0 aliphatic carbocycles. The highest BCUT2D eigenvalue weighted by atomic mass is 35.5. The second-order valence-corrected chi connectivity index (χ2v) is 4.86. The smallest absolute Gasteiger partial charge is 0.126 e. The van der Waals surface area contributed by atoms with Crippen LogP contribution < -0.4 is 0 Å². The molecule has 2 aromatic rings. The first-order valence-electron chi connectivity index (χ1n) is 6.11. The largest absolute Gasteiger partial charge is 0.207 e. The highest BCUT2D eigenvalue weighted by Crippen LogP contribution is 2.32. The van der Waals surface area contributed by atoms with Crippen LogP contribution in [0.3, 0.4) is 0 Å². The molecule has 0 aliphatic rings. The fraction of sp³-hybridized carbons (Fsp3) is 0.250. The Hall–Kier alpha value is -1.34. The molecule has 0 amide bonds. The van der Waals surface area contributed by atoms with E-state index >= 15 is 0 Å². The minimum atomic E-state index is -0.222. The molecule has 0 radical (unpaired) electrons. The van der Waals surface area contributed by atoms with Crippen molar-refractivity contribution in [2.75, 3.05) is 0 Å². The van der Waals surface area contributed by atoms with E-state index in [4.69, 9.17) is 11.6 Å². The highest BCUT2D eigenvalue weighted by Gasteiger charge is 2.14. The van der Waals surface area contributed by atoms with Gasteiger partial charge in [0.2, 0.25) is 0 Å². The van der Waals surface area contributed by atoms with Crippen LogP contribution in [0.1, 0.15) is 34.6 Å². The second-order valence-electron chi connectivity index (χ2n) is 4.42. The first-order chi connectivity index (χ1) is 8.63. The Morgan fingerprint density at radius 3 is 2.56 bits per heavy atom. The van der Waals surface area contributed by atoms with Crippen molar-refractivity contribution >= 4 is 11.6 Å². The molecular formula is C16H16ClF. The Morgan fingerprint density at radius 1 is 1.17 bits per heavy atom. The van der Waals surface area contributed by atoms with Gasteiger partial charge in [-0.05, 0) is 41.7 Å². The summed E-state index contributed by atoms with van der Waals surface area (Å²) in [7, 11) is 0. The first-order valence-corrected chi connectivity index (χ1v) is 6.55. The third-order valence-corrected chi connectivity index (χ3v) is 3.67. The number of aryl methyl sites for hydroxylation is 2. The average molecular weight is 263 g/mol. The molecule has 0 saturated carbocycles. The van der Waals surface area contributed by atoms with Crippen molar-refractivity contribution in [2.24, 2.45) is 0 Å². The van der Waals surface area contributed by atoms with Gasteiger partial charge in [-0.3, -0.25) is 0 Å². The third-order valence-electron chi connectivity index (χ3n) is 3.18. The molecule has 0 nitrogen and oxygen atoms in total. The lowest BCUT2D eigenvalue weighted by Crippen LogP contribution is -1.99. The predicted octanol–water partition coefficient (Wildman–Crippen LogP) is 5.02. The van der Waals surface area contributed by atoms with Crippen LogP contribution in [0.2, 0.25) is 0 Å². The molecule has 1 unspecified atom stereocenters. The lowest BCUT2D eigenvalue weighted by atomic mass is 9.97. The highest BCUT2D eigenvalue weighted by molar-refractivity contribution is 6.22.